The highest BCUT2D eigenvalue weighted by Crippen LogP contribution is 2.29. The third-order valence-electron chi connectivity index (χ3n) is 5.23. The van der Waals surface area contributed by atoms with E-state index in [0.29, 0.717) is 11.7 Å². The third-order valence-corrected chi connectivity index (χ3v) is 5.23. The largest absolute Gasteiger partial charge is 0.477 e. The van der Waals surface area contributed by atoms with Crippen LogP contribution in [0.25, 0.3) is 0 Å². The van der Waals surface area contributed by atoms with Crippen molar-refractivity contribution in [3.05, 3.63) is 24.0 Å². The second-order valence-electron chi connectivity index (χ2n) is 6.52. The molecule has 0 radical (unpaired) electrons. The van der Waals surface area contributed by atoms with Crippen LogP contribution >= 0.6 is 0 Å². The number of piperidine rings is 1. The fourth-order valence-corrected chi connectivity index (χ4v) is 4.05. The van der Waals surface area contributed by atoms with E-state index in [1.807, 2.05) is 16.8 Å². The number of likely N-dealkylation sites (tertiary alicyclic amines) is 1. The molecule has 1 aromatic rings. The summed E-state index contributed by atoms with van der Waals surface area (Å²) in [5.41, 5.74) is 0.433. The molecular weight excluding hydrogens is 264 g/mol. The van der Waals surface area contributed by atoms with Crippen LogP contribution in [0.2, 0.25) is 0 Å². The van der Waals surface area contributed by atoms with Gasteiger partial charge in [0.15, 0.2) is 0 Å². The minimum atomic E-state index is -0.814. The summed E-state index contributed by atoms with van der Waals surface area (Å²) in [4.78, 5) is 13.9. The predicted molar refractivity (Wildman–Crippen MR) is 82.7 cm³/mol. The van der Waals surface area contributed by atoms with Crippen LogP contribution < -0.4 is 0 Å². The van der Waals surface area contributed by atoms with Gasteiger partial charge in [-0.2, -0.15) is 0 Å². The Morgan fingerprint density at radius 1 is 1.00 bits per heavy atom. The van der Waals surface area contributed by atoms with Gasteiger partial charge in [-0.3, -0.25) is 0 Å². The van der Waals surface area contributed by atoms with Crippen LogP contribution in [0.1, 0.15) is 67.9 Å². The number of carboxylic acids is 1. The van der Waals surface area contributed by atoms with Crippen LogP contribution in [-0.4, -0.2) is 39.7 Å². The van der Waals surface area contributed by atoms with Gasteiger partial charge in [-0.1, -0.05) is 25.7 Å². The summed E-state index contributed by atoms with van der Waals surface area (Å²) < 4.78 is 1.97. The molecule has 0 amide bonds. The molecule has 116 valence electrons. The summed E-state index contributed by atoms with van der Waals surface area (Å²) in [6.45, 7) is 2.24. The van der Waals surface area contributed by atoms with E-state index in [1.54, 1.807) is 6.07 Å². The number of carboxylic acid groups (broad SMARTS) is 1. The molecule has 2 aliphatic rings. The minimum Gasteiger partial charge on any atom is -0.477 e. The Labute approximate surface area is 126 Å². The van der Waals surface area contributed by atoms with Crippen LogP contribution in [-0.2, 0) is 0 Å². The number of hydrogen-bond donors (Lipinski definition) is 1. The predicted octanol–water partition coefficient (Wildman–Crippen LogP) is 3.55. The van der Waals surface area contributed by atoms with E-state index in [2.05, 4.69) is 4.90 Å². The lowest BCUT2D eigenvalue weighted by Crippen LogP contribution is -2.41. The lowest BCUT2D eigenvalue weighted by Gasteiger charge is -2.38. The van der Waals surface area contributed by atoms with Gasteiger partial charge >= 0.3 is 5.97 Å². The molecule has 0 atom stereocenters. The molecule has 1 saturated heterocycles. The molecule has 21 heavy (non-hydrogen) atoms. The van der Waals surface area contributed by atoms with Gasteiger partial charge in [0.05, 0.1) is 0 Å². The maximum atomic E-state index is 11.2. The van der Waals surface area contributed by atoms with Crippen molar-refractivity contribution in [3.63, 3.8) is 0 Å². The van der Waals surface area contributed by atoms with Gasteiger partial charge in [-0.05, 0) is 37.8 Å². The van der Waals surface area contributed by atoms with Gasteiger partial charge < -0.3 is 14.6 Å². The second-order valence-corrected chi connectivity index (χ2v) is 6.52. The van der Waals surface area contributed by atoms with Crippen molar-refractivity contribution < 1.29 is 9.90 Å². The van der Waals surface area contributed by atoms with Crippen LogP contribution in [0.3, 0.4) is 0 Å². The van der Waals surface area contributed by atoms with Crippen LogP contribution in [0, 0.1) is 0 Å². The maximum Gasteiger partial charge on any atom is 0.352 e. The van der Waals surface area contributed by atoms with E-state index in [1.165, 1.54) is 38.5 Å². The molecule has 3 rings (SSSR count). The highest BCUT2D eigenvalue weighted by molar-refractivity contribution is 5.85. The molecular formula is C17H26N2O2. The Balaban J connectivity index is 1.59. The molecule has 2 heterocycles. The van der Waals surface area contributed by atoms with Crippen molar-refractivity contribution in [1.82, 2.24) is 9.47 Å². The molecule has 1 saturated carbocycles. The van der Waals surface area contributed by atoms with E-state index in [4.69, 9.17) is 0 Å². The van der Waals surface area contributed by atoms with E-state index < -0.39 is 5.97 Å². The van der Waals surface area contributed by atoms with E-state index >= 15 is 0 Å². The molecule has 2 fully saturated rings. The summed E-state index contributed by atoms with van der Waals surface area (Å²) in [6, 6.07) is 4.69. The molecule has 1 aliphatic heterocycles. The van der Waals surface area contributed by atoms with Crippen molar-refractivity contribution in [2.75, 3.05) is 13.1 Å². The molecule has 1 N–H and O–H groups in total. The van der Waals surface area contributed by atoms with Gasteiger partial charge in [-0.15, -0.1) is 0 Å². The first-order valence-corrected chi connectivity index (χ1v) is 8.40. The highest BCUT2D eigenvalue weighted by atomic mass is 16.4. The zero-order valence-electron chi connectivity index (χ0n) is 12.7. The van der Waals surface area contributed by atoms with Crippen molar-refractivity contribution in [2.45, 2.75) is 63.5 Å². The Morgan fingerprint density at radius 2 is 1.67 bits per heavy atom. The highest BCUT2D eigenvalue weighted by Gasteiger charge is 2.27. The minimum absolute atomic E-state index is 0.355. The van der Waals surface area contributed by atoms with Crippen LogP contribution in [0.5, 0.6) is 0 Å². The average molecular weight is 290 g/mol. The Morgan fingerprint density at radius 3 is 2.29 bits per heavy atom. The third kappa shape index (κ3) is 3.31. The molecule has 4 nitrogen and oxygen atoms in total. The summed E-state index contributed by atoms with van der Waals surface area (Å²) in [5.74, 6) is -0.814. The van der Waals surface area contributed by atoms with Crippen molar-refractivity contribution >= 4 is 5.97 Å². The van der Waals surface area contributed by atoms with E-state index in [-0.39, 0.29) is 0 Å². The fraction of sp³-hybridized carbons (Fsp3) is 0.706. The number of rotatable bonds is 3. The Kier molecular flexibility index (Phi) is 4.63. The average Bonchev–Trinajstić information content (AvgIpc) is 2.83. The van der Waals surface area contributed by atoms with E-state index in [0.717, 1.165) is 32.0 Å². The topological polar surface area (TPSA) is 45.5 Å². The molecule has 4 heteroatoms. The molecule has 1 aromatic heterocycles. The molecule has 0 bridgehead atoms. The van der Waals surface area contributed by atoms with Gasteiger partial charge in [0, 0.05) is 31.4 Å². The quantitative estimate of drug-likeness (QED) is 0.866. The zero-order chi connectivity index (χ0) is 14.7. The van der Waals surface area contributed by atoms with Crippen molar-refractivity contribution in [1.29, 1.82) is 0 Å². The van der Waals surface area contributed by atoms with Gasteiger partial charge in [-0.25, -0.2) is 4.79 Å². The standard InChI is InChI=1S/C17H26N2O2/c20-17(21)16-8-5-11-19(16)15-9-12-18(13-10-15)14-6-3-1-2-4-7-14/h5,8,11,14-15H,1-4,6-7,9-10,12-13H2,(H,20,21). The lowest BCUT2D eigenvalue weighted by atomic mass is 9.99. The molecule has 1 aliphatic carbocycles. The molecule has 0 spiro atoms. The zero-order valence-corrected chi connectivity index (χ0v) is 12.7. The van der Waals surface area contributed by atoms with Gasteiger partial charge in [0.2, 0.25) is 0 Å². The van der Waals surface area contributed by atoms with Crippen LogP contribution in [0.4, 0.5) is 0 Å². The number of aromatic carboxylic acids is 1. The fourth-order valence-electron chi connectivity index (χ4n) is 4.05. The molecule has 0 unspecified atom stereocenters. The Bertz CT molecular complexity index is 467. The number of aromatic nitrogens is 1. The van der Waals surface area contributed by atoms with Crippen molar-refractivity contribution in [3.8, 4) is 0 Å². The smallest absolute Gasteiger partial charge is 0.352 e. The van der Waals surface area contributed by atoms with Gasteiger partial charge in [0.1, 0.15) is 5.69 Å². The first-order chi connectivity index (χ1) is 10.3. The van der Waals surface area contributed by atoms with E-state index in [9.17, 15) is 9.90 Å². The van der Waals surface area contributed by atoms with Gasteiger partial charge in [0.25, 0.3) is 0 Å². The number of carbonyl (C=O) groups is 1. The lowest BCUT2D eigenvalue weighted by molar-refractivity contribution is 0.0674. The summed E-state index contributed by atoms with van der Waals surface area (Å²) in [6.07, 6.45) is 12.3. The number of nitrogens with zero attached hydrogens (tertiary/aromatic N) is 2. The van der Waals surface area contributed by atoms with Crippen molar-refractivity contribution in [2.24, 2.45) is 0 Å². The normalized spacial score (nSPS) is 23.0. The summed E-state index contributed by atoms with van der Waals surface area (Å²) in [7, 11) is 0. The summed E-state index contributed by atoms with van der Waals surface area (Å²) >= 11 is 0. The second kappa shape index (κ2) is 6.65. The molecule has 0 aromatic carbocycles. The summed E-state index contributed by atoms with van der Waals surface area (Å²) in [5, 5.41) is 9.24. The Hall–Kier alpha value is -1.29. The first-order valence-electron chi connectivity index (χ1n) is 8.40. The number of hydrogen-bond acceptors (Lipinski definition) is 2. The van der Waals surface area contributed by atoms with Crippen LogP contribution in [0.15, 0.2) is 18.3 Å². The monoisotopic (exact) mass is 290 g/mol. The SMILES string of the molecule is O=C(O)c1cccn1C1CCN(C2CCCCCC2)CC1. The first kappa shape index (κ1) is 14.6. The maximum absolute atomic E-state index is 11.2.